The number of aliphatic carboxylic acids is 1. The van der Waals surface area contributed by atoms with Crippen LogP contribution in [0.15, 0.2) is 18.2 Å². The molecule has 0 aromatic heterocycles. The number of rotatable bonds is 6. The van der Waals surface area contributed by atoms with Crippen molar-refractivity contribution in [2.75, 3.05) is 5.32 Å². The van der Waals surface area contributed by atoms with Crippen molar-refractivity contribution in [2.45, 2.75) is 25.8 Å². The van der Waals surface area contributed by atoms with Gasteiger partial charge >= 0.3 is 12.0 Å². The van der Waals surface area contributed by atoms with Crippen LogP contribution < -0.4 is 16.4 Å². The highest BCUT2D eigenvalue weighted by atomic mass is 35.5. The van der Waals surface area contributed by atoms with Gasteiger partial charge in [-0.05, 0) is 31.0 Å². The molecule has 114 valence electrons. The predicted molar refractivity (Wildman–Crippen MR) is 78.2 cm³/mol. The summed E-state index contributed by atoms with van der Waals surface area (Å²) in [4.78, 5) is 33.4. The topological polar surface area (TPSA) is 122 Å². The number of nitrogens with one attached hydrogen (secondary N) is 2. The Balaban J connectivity index is 2.67. The van der Waals surface area contributed by atoms with E-state index in [4.69, 9.17) is 22.4 Å². The summed E-state index contributed by atoms with van der Waals surface area (Å²) in [6.07, 6.45) is -0.220. The number of aryl methyl sites for hydroxylation is 1. The zero-order valence-corrected chi connectivity index (χ0v) is 12.1. The number of carbonyl (C=O) groups excluding carboxylic acids is 2. The van der Waals surface area contributed by atoms with Crippen molar-refractivity contribution in [1.29, 1.82) is 0 Å². The summed E-state index contributed by atoms with van der Waals surface area (Å²) in [6, 6.07) is 3.12. The Morgan fingerprint density at radius 3 is 2.62 bits per heavy atom. The van der Waals surface area contributed by atoms with Gasteiger partial charge in [0.2, 0.25) is 5.91 Å². The largest absolute Gasteiger partial charge is 0.480 e. The number of benzene rings is 1. The Hall–Kier alpha value is -2.28. The molecule has 0 heterocycles. The molecule has 8 heteroatoms. The molecular formula is C13H16ClN3O4. The second kappa shape index (κ2) is 7.49. The maximum atomic E-state index is 11.8. The van der Waals surface area contributed by atoms with E-state index in [-0.39, 0.29) is 12.8 Å². The number of hydrogen-bond acceptors (Lipinski definition) is 3. The first-order valence-electron chi connectivity index (χ1n) is 6.14. The Bertz CT molecular complexity index is 562. The lowest BCUT2D eigenvalue weighted by molar-refractivity contribution is -0.139. The minimum Gasteiger partial charge on any atom is -0.480 e. The van der Waals surface area contributed by atoms with Crippen molar-refractivity contribution in [3.8, 4) is 0 Å². The number of nitrogens with two attached hydrogens (primary N) is 1. The number of carboxylic acid groups (broad SMARTS) is 1. The Morgan fingerprint density at radius 2 is 2.05 bits per heavy atom. The summed E-state index contributed by atoms with van der Waals surface area (Å²) in [5.74, 6) is -1.88. The van der Waals surface area contributed by atoms with Crippen LogP contribution in [0.2, 0.25) is 5.02 Å². The van der Waals surface area contributed by atoms with Gasteiger partial charge in [0.25, 0.3) is 0 Å². The lowest BCUT2D eigenvalue weighted by Crippen LogP contribution is -2.43. The molecule has 0 saturated carbocycles. The van der Waals surface area contributed by atoms with Gasteiger partial charge in [0.05, 0.1) is 10.7 Å². The average molecular weight is 314 g/mol. The first kappa shape index (κ1) is 16.8. The highest BCUT2D eigenvalue weighted by Crippen LogP contribution is 2.22. The van der Waals surface area contributed by atoms with Crippen LogP contribution in [0.4, 0.5) is 10.5 Å². The maximum absolute atomic E-state index is 11.8. The fourth-order valence-electron chi connectivity index (χ4n) is 1.60. The summed E-state index contributed by atoms with van der Waals surface area (Å²) in [5, 5.41) is 14.0. The number of urea groups is 1. The highest BCUT2D eigenvalue weighted by Gasteiger charge is 2.20. The number of amides is 3. The zero-order chi connectivity index (χ0) is 16.0. The van der Waals surface area contributed by atoms with E-state index in [1.807, 2.05) is 6.92 Å². The summed E-state index contributed by atoms with van der Waals surface area (Å²) < 4.78 is 0. The van der Waals surface area contributed by atoms with Crippen LogP contribution in [0.3, 0.4) is 0 Å². The molecule has 7 nitrogen and oxygen atoms in total. The van der Waals surface area contributed by atoms with Crippen LogP contribution in [-0.4, -0.2) is 29.1 Å². The van der Waals surface area contributed by atoms with Gasteiger partial charge in [-0.15, -0.1) is 0 Å². The van der Waals surface area contributed by atoms with Crippen molar-refractivity contribution < 1.29 is 19.5 Å². The predicted octanol–water partition coefficient (Wildman–Crippen LogP) is 1.49. The molecule has 21 heavy (non-hydrogen) atoms. The van der Waals surface area contributed by atoms with E-state index in [1.165, 1.54) is 0 Å². The lowest BCUT2D eigenvalue weighted by Gasteiger charge is -2.15. The summed E-state index contributed by atoms with van der Waals surface area (Å²) in [7, 11) is 0. The Morgan fingerprint density at radius 1 is 1.38 bits per heavy atom. The van der Waals surface area contributed by atoms with E-state index in [2.05, 4.69) is 10.6 Å². The van der Waals surface area contributed by atoms with Gasteiger partial charge in [-0.2, -0.15) is 0 Å². The summed E-state index contributed by atoms with van der Waals surface area (Å²) >= 11 is 5.92. The minimum atomic E-state index is -1.25. The first-order chi connectivity index (χ1) is 9.79. The molecule has 1 aromatic carbocycles. The number of halogens is 1. The minimum absolute atomic E-state index is 0.0837. The number of carbonyl (C=O) groups is 3. The number of primary amides is 1. The normalized spacial score (nSPS) is 11.5. The van der Waals surface area contributed by atoms with Crippen molar-refractivity contribution in [3.63, 3.8) is 0 Å². The van der Waals surface area contributed by atoms with E-state index in [0.717, 1.165) is 5.56 Å². The van der Waals surface area contributed by atoms with Crippen molar-refractivity contribution in [3.05, 3.63) is 28.8 Å². The zero-order valence-electron chi connectivity index (χ0n) is 11.4. The van der Waals surface area contributed by atoms with Gasteiger partial charge in [0, 0.05) is 6.42 Å². The third kappa shape index (κ3) is 5.70. The van der Waals surface area contributed by atoms with E-state index >= 15 is 0 Å². The van der Waals surface area contributed by atoms with Crippen LogP contribution in [0.25, 0.3) is 0 Å². The second-order valence-corrected chi connectivity index (χ2v) is 4.88. The lowest BCUT2D eigenvalue weighted by atomic mass is 10.1. The van der Waals surface area contributed by atoms with E-state index in [9.17, 15) is 14.4 Å². The SMILES string of the molecule is Cc1ccc(Cl)c(NC(=O)N[C@H](CCC(N)=O)C(=O)O)c1. The molecule has 5 N–H and O–H groups in total. The fourth-order valence-corrected chi connectivity index (χ4v) is 1.76. The molecule has 0 spiro atoms. The van der Waals surface area contributed by atoms with Crippen LogP contribution in [0.5, 0.6) is 0 Å². The summed E-state index contributed by atoms with van der Waals surface area (Å²) in [6.45, 7) is 1.83. The molecule has 0 saturated heterocycles. The van der Waals surface area contributed by atoms with Gasteiger partial charge in [0.15, 0.2) is 0 Å². The standard InChI is InChI=1S/C13H16ClN3O4/c1-7-2-3-8(14)10(6-7)17-13(21)16-9(12(19)20)4-5-11(15)18/h2-3,6,9H,4-5H2,1H3,(H2,15,18)(H,19,20)(H2,16,17,21)/t9-/m1/s1. The molecular weight excluding hydrogens is 298 g/mol. The van der Waals surface area contributed by atoms with Crippen LogP contribution in [-0.2, 0) is 9.59 Å². The molecule has 0 aliphatic rings. The van der Waals surface area contributed by atoms with E-state index < -0.39 is 23.9 Å². The van der Waals surface area contributed by atoms with Crippen molar-refractivity contribution >= 4 is 35.2 Å². The van der Waals surface area contributed by atoms with Crippen LogP contribution in [0, 0.1) is 6.92 Å². The highest BCUT2D eigenvalue weighted by molar-refractivity contribution is 6.33. The molecule has 0 fully saturated rings. The molecule has 1 aromatic rings. The van der Waals surface area contributed by atoms with Crippen LogP contribution in [0.1, 0.15) is 18.4 Å². The number of anilines is 1. The first-order valence-corrected chi connectivity index (χ1v) is 6.52. The van der Waals surface area contributed by atoms with Gasteiger partial charge in [-0.1, -0.05) is 17.7 Å². The Labute approximate surface area is 126 Å². The van der Waals surface area contributed by atoms with Gasteiger partial charge < -0.3 is 21.5 Å². The molecule has 0 unspecified atom stereocenters. The molecule has 0 bridgehead atoms. The quantitative estimate of drug-likeness (QED) is 0.635. The molecule has 0 radical (unpaired) electrons. The molecule has 1 rings (SSSR count). The van der Waals surface area contributed by atoms with E-state index in [1.54, 1.807) is 18.2 Å². The second-order valence-electron chi connectivity index (χ2n) is 4.48. The number of hydrogen-bond donors (Lipinski definition) is 4. The molecule has 3 amide bonds. The third-order valence-corrected chi connectivity index (χ3v) is 2.98. The van der Waals surface area contributed by atoms with Crippen molar-refractivity contribution in [2.24, 2.45) is 5.73 Å². The Kier molecular flexibility index (Phi) is 5.98. The van der Waals surface area contributed by atoms with E-state index in [0.29, 0.717) is 10.7 Å². The summed E-state index contributed by atoms with van der Waals surface area (Å²) in [5.41, 5.74) is 6.21. The van der Waals surface area contributed by atoms with Gasteiger partial charge in [-0.25, -0.2) is 9.59 Å². The molecule has 0 aliphatic heterocycles. The van der Waals surface area contributed by atoms with Gasteiger partial charge in [-0.3, -0.25) is 4.79 Å². The molecule has 0 aliphatic carbocycles. The monoisotopic (exact) mass is 313 g/mol. The fraction of sp³-hybridized carbons (Fsp3) is 0.308. The maximum Gasteiger partial charge on any atom is 0.326 e. The average Bonchev–Trinajstić information content (AvgIpc) is 2.38. The molecule has 1 atom stereocenters. The van der Waals surface area contributed by atoms with Gasteiger partial charge in [0.1, 0.15) is 6.04 Å². The smallest absolute Gasteiger partial charge is 0.326 e. The third-order valence-electron chi connectivity index (χ3n) is 2.65. The van der Waals surface area contributed by atoms with Crippen LogP contribution >= 0.6 is 11.6 Å². The number of carboxylic acids is 1. The van der Waals surface area contributed by atoms with Crippen molar-refractivity contribution in [1.82, 2.24) is 5.32 Å².